The molecule has 2 atom stereocenters. The van der Waals surface area contributed by atoms with E-state index in [2.05, 4.69) is 38.1 Å². The van der Waals surface area contributed by atoms with Crippen molar-refractivity contribution in [1.82, 2.24) is 0 Å². The molecular formula is C16H23ClN2. The van der Waals surface area contributed by atoms with E-state index in [0.29, 0.717) is 0 Å². The lowest BCUT2D eigenvalue weighted by Gasteiger charge is -2.43. The van der Waals surface area contributed by atoms with Crippen molar-refractivity contribution >= 4 is 18.0 Å². The van der Waals surface area contributed by atoms with Crippen molar-refractivity contribution in [3.63, 3.8) is 0 Å². The van der Waals surface area contributed by atoms with Gasteiger partial charge in [0.1, 0.15) is 0 Å². The fourth-order valence-corrected chi connectivity index (χ4v) is 2.39. The van der Waals surface area contributed by atoms with E-state index in [1.165, 1.54) is 16.7 Å². The summed E-state index contributed by atoms with van der Waals surface area (Å²) in [5.74, 6) is 0. The lowest BCUT2D eigenvalue weighted by atomic mass is 9.69. The van der Waals surface area contributed by atoms with E-state index in [0.717, 1.165) is 5.57 Å². The Morgan fingerprint density at radius 3 is 2.32 bits per heavy atom. The van der Waals surface area contributed by atoms with Gasteiger partial charge in [-0.25, -0.2) is 0 Å². The molecule has 0 amide bonds. The van der Waals surface area contributed by atoms with Crippen molar-refractivity contribution in [3.05, 3.63) is 53.1 Å². The molecule has 1 aromatic carbocycles. The maximum Gasteiger partial charge on any atom is 0.0603 e. The van der Waals surface area contributed by atoms with Gasteiger partial charge in [-0.2, -0.15) is 0 Å². The predicted molar refractivity (Wildman–Crippen MR) is 85.5 cm³/mol. The van der Waals surface area contributed by atoms with Gasteiger partial charge in [-0.05, 0) is 50.0 Å². The van der Waals surface area contributed by atoms with Gasteiger partial charge in [-0.1, -0.05) is 36.4 Å². The van der Waals surface area contributed by atoms with Crippen LogP contribution in [-0.4, -0.2) is 11.1 Å². The van der Waals surface area contributed by atoms with Crippen LogP contribution >= 0.6 is 12.4 Å². The second kappa shape index (κ2) is 5.12. The first-order valence-electron chi connectivity index (χ1n) is 6.32. The van der Waals surface area contributed by atoms with Gasteiger partial charge in [-0.15, -0.1) is 12.4 Å². The molecule has 1 aromatic rings. The highest BCUT2D eigenvalue weighted by Gasteiger charge is 2.41. The molecule has 3 heteroatoms. The molecular weight excluding hydrogens is 256 g/mol. The Bertz CT molecular complexity index is 540. The first-order chi connectivity index (χ1) is 8.27. The number of rotatable bonds is 1. The third kappa shape index (κ3) is 2.48. The molecule has 0 radical (unpaired) electrons. The van der Waals surface area contributed by atoms with Crippen molar-refractivity contribution in [3.8, 4) is 0 Å². The van der Waals surface area contributed by atoms with E-state index in [1.807, 2.05) is 26.0 Å². The molecule has 1 aliphatic rings. The standard InChI is InChI=1S/C16H22N2.ClH/c1-11-7-5-8-13(12(11)2)14-9-6-10-15(3,17)16(14,4)18;/h5-10H,17-18H2,1-4H3;1H. The predicted octanol–water partition coefficient (Wildman–Crippen LogP) is 3.11. The maximum atomic E-state index is 6.51. The summed E-state index contributed by atoms with van der Waals surface area (Å²) in [6.45, 7) is 8.23. The van der Waals surface area contributed by atoms with E-state index >= 15 is 0 Å². The highest BCUT2D eigenvalue weighted by molar-refractivity contribution is 5.85. The van der Waals surface area contributed by atoms with Crippen molar-refractivity contribution in [1.29, 1.82) is 0 Å². The summed E-state index contributed by atoms with van der Waals surface area (Å²) < 4.78 is 0. The molecule has 0 aliphatic heterocycles. The van der Waals surface area contributed by atoms with Gasteiger partial charge in [0.2, 0.25) is 0 Å². The van der Waals surface area contributed by atoms with Gasteiger partial charge in [0.25, 0.3) is 0 Å². The van der Waals surface area contributed by atoms with Crippen LogP contribution in [0.25, 0.3) is 5.57 Å². The molecule has 4 N–H and O–H groups in total. The number of hydrogen-bond donors (Lipinski definition) is 2. The largest absolute Gasteiger partial charge is 0.320 e. The normalized spacial score (nSPS) is 29.7. The summed E-state index contributed by atoms with van der Waals surface area (Å²) in [7, 11) is 0. The van der Waals surface area contributed by atoms with Gasteiger partial charge in [0, 0.05) is 0 Å². The Hall–Kier alpha value is -1.09. The van der Waals surface area contributed by atoms with Gasteiger partial charge in [-0.3, -0.25) is 0 Å². The molecule has 0 fully saturated rings. The van der Waals surface area contributed by atoms with Gasteiger partial charge in [0.15, 0.2) is 0 Å². The highest BCUT2D eigenvalue weighted by Crippen LogP contribution is 2.37. The lowest BCUT2D eigenvalue weighted by Crippen LogP contribution is -2.62. The first kappa shape index (κ1) is 16.0. The summed E-state index contributed by atoms with van der Waals surface area (Å²) in [6.07, 6.45) is 6.06. The molecule has 0 saturated heterocycles. The van der Waals surface area contributed by atoms with E-state index in [9.17, 15) is 0 Å². The molecule has 2 nitrogen and oxygen atoms in total. The number of allylic oxidation sites excluding steroid dienone is 2. The van der Waals surface area contributed by atoms with Crippen LogP contribution < -0.4 is 11.5 Å². The highest BCUT2D eigenvalue weighted by atomic mass is 35.5. The van der Waals surface area contributed by atoms with Crippen LogP contribution in [0.15, 0.2) is 36.4 Å². The van der Waals surface area contributed by atoms with Crippen LogP contribution in [0.3, 0.4) is 0 Å². The summed E-state index contributed by atoms with van der Waals surface area (Å²) in [5.41, 5.74) is 16.6. The SMILES string of the molecule is Cc1cccc(C2=CC=CC(C)(N)C2(C)N)c1C.Cl. The van der Waals surface area contributed by atoms with Crippen LogP contribution in [0.2, 0.25) is 0 Å². The summed E-state index contributed by atoms with van der Waals surface area (Å²) in [6, 6.07) is 6.31. The monoisotopic (exact) mass is 278 g/mol. The summed E-state index contributed by atoms with van der Waals surface area (Å²) in [4.78, 5) is 0. The summed E-state index contributed by atoms with van der Waals surface area (Å²) in [5, 5.41) is 0. The molecule has 0 aromatic heterocycles. The first-order valence-corrected chi connectivity index (χ1v) is 6.32. The number of benzene rings is 1. The number of hydrogen-bond acceptors (Lipinski definition) is 2. The van der Waals surface area contributed by atoms with Gasteiger partial charge >= 0.3 is 0 Å². The second-order valence-corrected chi connectivity index (χ2v) is 5.67. The van der Waals surface area contributed by atoms with Gasteiger partial charge < -0.3 is 11.5 Å². The molecule has 0 saturated carbocycles. The quantitative estimate of drug-likeness (QED) is 0.829. The Balaban J connectivity index is 0.00000180. The third-order valence-corrected chi connectivity index (χ3v) is 4.28. The molecule has 0 heterocycles. The average Bonchev–Trinajstić information content (AvgIpc) is 2.27. The van der Waals surface area contributed by atoms with E-state index in [-0.39, 0.29) is 12.4 Å². The minimum atomic E-state index is -0.569. The van der Waals surface area contributed by atoms with Crippen LogP contribution in [0.4, 0.5) is 0 Å². The van der Waals surface area contributed by atoms with Gasteiger partial charge in [0.05, 0.1) is 11.1 Å². The fourth-order valence-electron chi connectivity index (χ4n) is 2.39. The Kier molecular flexibility index (Phi) is 4.30. The minimum absolute atomic E-state index is 0. The minimum Gasteiger partial charge on any atom is -0.320 e. The maximum absolute atomic E-state index is 6.51. The zero-order chi connectivity index (χ0) is 13.6. The number of aryl methyl sites for hydroxylation is 1. The Labute approximate surface area is 122 Å². The van der Waals surface area contributed by atoms with E-state index in [1.54, 1.807) is 0 Å². The number of halogens is 1. The average molecular weight is 279 g/mol. The van der Waals surface area contributed by atoms with E-state index < -0.39 is 11.1 Å². The zero-order valence-corrected chi connectivity index (χ0v) is 12.8. The van der Waals surface area contributed by atoms with Crippen LogP contribution in [0.5, 0.6) is 0 Å². The van der Waals surface area contributed by atoms with E-state index in [4.69, 9.17) is 11.5 Å². The molecule has 2 rings (SSSR count). The van der Waals surface area contributed by atoms with Crippen molar-refractivity contribution in [2.45, 2.75) is 38.8 Å². The zero-order valence-electron chi connectivity index (χ0n) is 12.0. The third-order valence-electron chi connectivity index (χ3n) is 4.28. The molecule has 2 unspecified atom stereocenters. The molecule has 104 valence electrons. The van der Waals surface area contributed by atoms with Crippen LogP contribution in [0, 0.1) is 13.8 Å². The fraction of sp³-hybridized carbons (Fsp3) is 0.375. The Morgan fingerprint density at radius 2 is 1.68 bits per heavy atom. The summed E-state index contributed by atoms with van der Waals surface area (Å²) >= 11 is 0. The number of nitrogens with two attached hydrogens (primary N) is 2. The molecule has 1 aliphatic carbocycles. The Morgan fingerprint density at radius 1 is 1.05 bits per heavy atom. The molecule has 0 spiro atoms. The topological polar surface area (TPSA) is 52.0 Å². The van der Waals surface area contributed by atoms with Crippen LogP contribution in [-0.2, 0) is 0 Å². The smallest absolute Gasteiger partial charge is 0.0603 e. The van der Waals surface area contributed by atoms with Crippen molar-refractivity contribution < 1.29 is 0 Å². The molecule has 19 heavy (non-hydrogen) atoms. The van der Waals surface area contributed by atoms with Crippen molar-refractivity contribution in [2.24, 2.45) is 11.5 Å². The van der Waals surface area contributed by atoms with Crippen LogP contribution in [0.1, 0.15) is 30.5 Å². The second-order valence-electron chi connectivity index (χ2n) is 5.67. The lowest BCUT2D eigenvalue weighted by molar-refractivity contribution is 0.396. The van der Waals surface area contributed by atoms with Crippen molar-refractivity contribution in [2.75, 3.05) is 0 Å². The molecule has 0 bridgehead atoms.